The van der Waals surface area contributed by atoms with Crippen LogP contribution in [-0.2, 0) is 17.6 Å². The summed E-state index contributed by atoms with van der Waals surface area (Å²) in [4.78, 5) is 23.8. The van der Waals surface area contributed by atoms with Gasteiger partial charge in [-0.1, -0.05) is 6.07 Å². The summed E-state index contributed by atoms with van der Waals surface area (Å²) in [5, 5.41) is 22.6. The summed E-state index contributed by atoms with van der Waals surface area (Å²) >= 11 is 2.86. The number of hydrogen-bond acceptors (Lipinski definition) is 8. The van der Waals surface area contributed by atoms with Crippen LogP contribution in [0.1, 0.15) is 5.56 Å². The van der Waals surface area contributed by atoms with E-state index >= 15 is 0 Å². The molecule has 1 heterocycles. The number of ether oxygens (including phenoxy) is 1. The Hall–Kier alpha value is -3.05. The van der Waals surface area contributed by atoms with Gasteiger partial charge in [-0.25, -0.2) is 0 Å². The van der Waals surface area contributed by atoms with Gasteiger partial charge < -0.3 is 14.6 Å². The molecule has 9 nitrogen and oxygen atoms in total. The molecule has 0 aliphatic heterocycles. The summed E-state index contributed by atoms with van der Waals surface area (Å²) in [6.45, 7) is 0. The van der Waals surface area contributed by atoms with Crippen LogP contribution in [0.4, 0.5) is 11.4 Å². The molecule has 11 heteroatoms. The number of nitrogens with one attached hydrogen (secondary N) is 1. The Morgan fingerprint density at radius 1 is 1.27 bits per heavy atom. The number of hydrogen-bond donors (Lipinski definition) is 1. The van der Waals surface area contributed by atoms with Crippen molar-refractivity contribution in [1.82, 2.24) is 14.8 Å². The zero-order chi connectivity index (χ0) is 21.5. The number of aryl methyl sites for hydroxylation is 1. The van der Waals surface area contributed by atoms with Crippen LogP contribution in [0.5, 0.6) is 5.75 Å². The quantitative estimate of drug-likeness (QED) is 0.391. The second-order valence-corrected chi connectivity index (χ2v) is 8.18. The van der Waals surface area contributed by atoms with Gasteiger partial charge in [0, 0.05) is 29.4 Å². The van der Waals surface area contributed by atoms with Crippen molar-refractivity contribution in [3.05, 3.63) is 64.5 Å². The SMILES string of the molecule is COc1ccc(CSCC(=O)Nc2ccc(Sc3nncn3C)cc2)cc1[N+](=O)[O-]. The van der Waals surface area contributed by atoms with Crippen molar-refractivity contribution in [3.8, 4) is 5.75 Å². The third-order valence-corrected chi connectivity index (χ3v) is 6.02. The highest BCUT2D eigenvalue weighted by Gasteiger charge is 2.15. The number of amides is 1. The molecule has 0 bridgehead atoms. The Morgan fingerprint density at radius 3 is 2.67 bits per heavy atom. The molecular weight excluding hydrogens is 426 g/mol. The lowest BCUT2D eigenvalue weighted by atomic mass is 10.2. The molecule has 0 aliphatic rings. The molecule has 1 N–H and O–H groups in total. The average Bonchev–Trinajstić information content (AvgIpc) is 3.13. The summed E-state index contributed by atoms with van der Waals surface area (Å²) in [5.74, 6) is 0.782. The van der Waals surface area contributed by atoms with Crippen molar-refractivity contribution >= 4 is 40.8 Å². The topological polar surface area (TPSA) is 112 Å². The van der Waals surface area contributed by atoms with Gasteiger partial charge in [-0.2, -0.15) is 0 Å². The van der Waals surface area contributed by atoms with Crippen molar-refractivity contribution in [1.29, 1.82) is 0 Å². The van der Waals surface area contributed by atoms with Gasteiger partial charge in [0.15, 0.2) is 10.9 Å². The molecule has 0 fully saturated rings. The highest BCUT2D eigenvalue weighted by molar-refractivity contribution is 7.99. The number of nitro benzene ring substituents is 1. The molecule has 0 atom stereocenters. The first kappa shape index (κ1) is 21.7. The highest BCUT2D eigenvalue weighted by atomic mass is 32.2. The number of aromatic nitrogens is 3. The second kappa shape index (κ2) is 10.1. The third kappa shape index (κ3) is 5.74. The fourth-order valence-electron chi connectivity index (χ4n) is 2.50. The van der Waals surface area contributed by atoms with Crippen LogP contribution in [0.15, 0.2) is 58.8 Å². The number of methoxy groups -OCH3 is 1. The number of nitrogens with zero attached hydrogens (tertiary/aromatic N) is 4. The lowest BCUT2D eigenvalue weighted by Crippen LogP contribution is -2.14. The minimum absolute atomic E-state index is 0.0839. The number of anilines is 1. The fourth-order valence-corrected chi connectivity index (χ4v) is 4.04. The van der Waals surface area contributed by atoms with E-state index in [1.165, 1.54) is 36.7 Å². The standard InChI is InChI=1S/C19H19N5O4S2/c1-23-12-20-22-19(23)30-15-6-4-14(5-7-15)21-18(25)11-29-10-13-3-8-17(28-2)16(9-13)24(26)27/h3-9,12H,10-11H2,1-2H3,(H,21,25). The maximum atomic E-state index is 12.2. The smallest absolute Gasteiger partial charge is 0.311 e. The number of carbonyl (C=O) groups excluding carboxylic acids is 1. The zero-order valence-corrected chi connectivity index (χ0v) is 17.9. The highest BCUT2D eigenvalue weighted by Crippen LogP contribution is 2.29. The minimum Gasteiger partial charge on any atom is -0.490 e. The Balaban J connectivity index is 1.48. The molecular formula is C19H19N5O4S2. The van der Waals surface area contributed by atoms with Crippen molar-refractivity contribution in [2.75, 3.05) is 18.2 Å². The molecule has 0 aliphatic carbocycles. The van der Waals surface area contributed by atoms with Crippen LogP contribution in [0.3, 0.4) is 0 Å². The predicted octanol–water partition coefficient (Wildman–Crippen LogP) is 3.76. The van der Waals surface area contributed by atoms with Gasteiger partial charge in [-0.05, 0) is 47.7 Å². The van der Waals surface area contributed by atoms with Crippen molar-refractivity contribution in [3.63, 3.8) is 0 Å². The molecule has 3 aromatic rings. The van der Waals surface area contributed by atoms with Gasteiger partial charge >= 0.3 is 5.69 Å². The molecule has 0 saturated carbocycles. The van der Waals surface area contributed by atoms with Gasteiger partial charge in [0.1, 0.15) is 6.33 Å². The van der Waals surface area contributed by atoms with Crippen LogP contribution in [0.2, 0.25) is 0 Å². The maximum absolute atomic E-state index is 12.2. The lowest BCUT2D eigenvalue weighted by molar-refractivity contribution is -0.385. The summed E-state index contributed by atoms with van der Waals surface area (Å²) in [6.07, 6.45) is 1.64. The van der Waals surface area contributed by atoms with Crippen LogP contribution in [0, 0.1) is 10.1 Å². The molecule has 3 rings (SSSR count). The van der Waals surface area contributed by atoms with E-state index in [0.717, 1.165) is 15.6 Å². The number of rotatable bonds is 9. The Morgan fingerprint density at radius 2 is 2.03 bits per heavy atom. The van der Waals surface area contributed by atoms with Crippen LogP contribution < -0.4 is 10.1 Å². The summed E-state index contributed by atoms with van der Waals surface area (Å²) < 4.78 is 6.82. The molecule has 0 saturated heterocycles. The van der Waals surface area contributed by atoms with E-state index < -0.39 is 4.92 Å². The van der Waals surface area contributed by atoms with E-state index in [4.69, 9.17) is 4.74 Å². The third-order valence-electron chi connectivity index (χ3n) is 3.96. The van der Waals surface area contributed by atoms with Gasteiger partial charge in [0.05, 0.1) is 17.8 Å². The first-order chi connectivity index (χ1) is 14.5. The molecule has 1 amide bonds. The number of carbonyl (C=O) groups is 1. The van der Waals surface area contributed by atoms with E-state index in [1.807, 2.05) is 35.9 Å². The van der Waals surface area contributed by atoms with Crippen LogP contribution in [0.25, 0.3) is 0 Å². The first-order valence-electron chi connectivity index (χ1n) is 8.77. The normalized spacial score (nSPS) is 10.6. The molecule has 30 heavy (non-hydrogen) atoms. The first-order valence-corrected chi connectivity index (χ1v) is 10.7. The number of nitro groups is 1. The fraction of sp³-hybridized carbons (Fsp3) is 0.211. The molecule has 2 aromatic carbocycles. The lowest BCUT2D eigenvalue weighted by Gasteiger charge is -2.07. The summed E-state index contributed by atoms with van der Waals surface area (Å²) in [6, 6.07) is 12.2. The van der Waals surface area contributed by atoms with Gasteiger partial charge in [-0.15, -0.1) is 22.0 Å². The number of benzene rings is 2. The van der Waals surface area contributed by atoms with Crippen molar-refractivity contribution in [2.24, 2.45) is 7.05 Å². The Kier molecular flexibility index (Phi) is 7.31. The van der Waals surface area contributed by atoms with Crippen molar-refractivity contribution < 1.29 is 14.5 Å². The molecule has 0 unspecified atom stereocenters. The molecule has 0 radical (unpaired) electrons. The van der Waals surface area contributed by atoms with E-state index in [2.05, 4.69) is 15.5 Å². The summed E-state index contributed by atoms with van der Waals surface area (Å²) in [5.41, 5.74) is 1.37. The minimum atomic E-state index is -0.480. The van der Waals surface area contributed by atoms with Crippen LogP contribution in [-0.4, -0.2) is 38.5 Å². The maximum Gasteiger partial charge on any atom is 0.311 e. The van der Waals surface area contributed by atoms with E-state index in [1.54, 1.807) is 18.5 Å². The van der Waals surface area contributed by atoms with Gasteiger partial charge in [0.2, 0.25) is 5.91 Å². The van der Waals surface area contributed by atoms with Crippen molar-refractivity contribution in [2.45, 2.75) is 15.8 Å². The molecule has 1 aromatic heterocycles. The number of thioether (sulfide) groups is 1. The largest absolute Gasteiger partial charge is 0.490 e. The van der Waals surface area contributed by atoms with E-state index in [0.29, 0.717) is 11.4 Å². The summed E-state index contributed by atoms with van der Waals surface area (Å²) in [7, 11) is 3.26. The van der Waals surface area contributed by atoms with Gasteiger partial charge in [-0.3, -0.25) is 14.9 Å². The second-order valence-electron chi connectivity index (χ2n) is 6.16. The molecule has 156 valence electrons. The van der Waals surface area contributed by atoms with E-state index in [-0.39, 0.29) is 23.1 Å². The monoisotopic (exact) mass is 445 g/mol. The Labute approximate surface area is 181 Å². The van der Waals surface area contributed by atoms with E-state index in [9.17, 15) is 14.9 Å². The molecule has 0 spiro atoms. The van der Waals surface area contributed by atoms with Crippen LogP contribution >= 0.6 is 23.5 Å². The van der Waals surface area contributed by atoms with Gasteiger partial charge in [0.25, 0.3) is 0 Å². The average molecular weight is 446 g/mol. The zero-order valence-electron chi connectivity index (χ0n) is 16.3. The Bertz CT molecular complexity index is 1040. The predicted molar refractivity (Wildman–Crippen MR) is 116 cm³/mol.